The fourth-order valence-electron chi connectivity index (χ4n) is 1.54. The average Bonchev–Trinajstić information content (AvgIpc) is 2.51. The molecule has 16 heavy (non-hydrogen) atoms. The second-order valence-corrected chi connectivity index (χ2v) is 4.18. The fraction of sp³-hybridized carbons (Fsp3) is 0.727. The van der Waals surface area contributed by atoms with Crippen LogP contribution in [0.2, 0.25) is 5.02 Å². The SMILES string of the molecule is COCCCNCCn1nc(C)c(Cl)c1C. The average molecular weight is 246 g/mol. The quantitative estimate of drug-likeness (QED) is 0.745. The van der Waals surface area contributed by atoms with Gasteiger partial charge < -0.3 is 10.1 Å². The van der Waals surface area contributed by atoms with Gasteiger partial charge in [-0.2, -0.15) is 5.10 Å². The number of hydrogen-bond donors (Lipinski definition) is 1. The summed E-state index contributed by atoms with van der Waals surface area (Å²) < 4.78 is 6.92. The number of aromatic nitrogens is 2. The van der Waals surface area contributed by atoms with E-state index < -0.39 is 0 Å². The summed E-state index contributed by atoms with van der Waals surface area (Å²) in [7, 11) is 1.72. The smallest absolute Gasteiger partial charge is 0.0844 e. The predicted octanol–water partition coefficient (Wildman–Crippen LogP) is 1.78. The molecule has 0 atom stereocenters. The molecule has 1 heterocycles. The topological polar surface area (TPSA) is 39.1 Å². The molecule has 1 N–H and O–H groups in total. The van der Waals surface area contributed by atoms with E-state index in [9.17, 15) is 0 Å². The van der Waals surface area contributed by atoms with E-state index >= 15 is 0 Å². The Bertz CT molecular complexity index is 325. The second-order valence-electron chi connectivity index (χ2n) is 3.80. The van der Waals surface area contributed by atoms with Gasteiger partial charge in [-0.25, -0.2) is 0 Å². The first kappa shape index (κ1) is 13.5. The van der Waals surface area contributed by atoms with E-state index in [-0.39, 0.29) is 0 Å². The number of nitrogens with one attached hydrogen (secondary N) is 1. The van der Waals surface area contributed by atoms with Crippen molar-refractivity contribution in [3.05, 3.63) is 16.4 Å². The monoisotopic (exact) mass is 245 g/mol. The summed E-state index contributed by atoms with van der Waals surface area (Å²) in [6, 6.07) is 0. The molecule has 0 unspecified atom stereocenters. The number of methoxy groups -OCH3 is 1. The van der Waals surface area contributed by atoms with Gasteiger partial charge in [0, 0.05) is 20.3 Å². The van der Waals surface area contributed by atoms with Crippen molar-refractivity contribution in [1.82, 2.24) is 15.1 Å². The van der Waals surface area contributed by atoms with Gasteiger partial charge in [-0.05, 0) is 26.8 Å². The van der Waals surface area contributed by atoms with Crippen molar-refractivity contribution in [2.24, 2.45) is 0 Å². The van der Waals surface area contributed by atoms with Crippen molar-refractivity contribution in [1.29, 1.82) is 0 Å². The van der Waals surface area contributed by atoms with Gasteiger partial charge in [0.05, 0.1) is 23.0 Å². The van der Waals surface area contributed by atoms with Crippen LogP contribution in [-0.2, 0) is 11.3 Å². The Balaban J connectivity index is 2.24. The van der Waals surface area contributed by atoms with Crippen molar-refractivity contribution in [3.63, 3.8) is 0 Å². The standard InChI is InChI=1S/C11H20ClN3O/c1-9-11(12)10(2)15(14-9)7-6-13-5-4-8-16-3/h13H,4-8H2,1-3H3. The minimum Gasteiger partial charge on any atom is -0.385 e. The van der Waals surface area contributed by atoms with Crippen molar-refractivity contribution >= 4 is 11.6 Å². The van der Waals surface area contributed by atoms with Crippen molar-refractivity contribution in [2.75, 3.05) is 26.8 Å². The largest absolute Gasteiger partial charge is 0.385 e. The van der Waals surface area contributed by atoms with Gasteiger partial charge in [0.25, 0.3) is 0 Å². The molecule has 0 aliphatic carbocycles. The summed E-state index contributed by atoms with van der Waals surface area (Å²) in [5.74, 6) is 0. The molecule has 0 saturated carbocycles. The molecule has 0 aromatic carbocycles. The molecular formula is C11H20ClN3O. The van der Waals surface area contributed by atoms with E-state index in [0.717, 1.165) is 49.1 Å². The molecule has 0 saturated heterocycles. The van der Waals surface area contributed by atoms with Gasteiger partial charge in [-0.15, -0.1) is 0 Å². The lowest BCUT2D eigenvalue weighted by molar-refractivity contribution is 0.194. The van der Waals surface area contributed by atoms with Gasteiger partial charge in [-0.3, -0.25) is 4.68 Å². The lowest BCUT2D eigenvalue weighted by Gasteiger charge is -2.06. The summed E-state index contributed by atoms with van der Waals surface area (Å²) in [6.45, 7) is 7.46. The minimum atomic E-state index is 0.777. The number of hydrogen-bond acceptors (Lipinski definition) is 3. The maximum absolute atomic E-state index is 6.06. The van der Waals surface area contributed by atoms with E-state index in [1.54, 1.807) is 7.11 Å². The molecule has 0 bridgehead atoms. The molecule has 0 aliphatic heterocycles. The second kappa shape index (κ2) is 6.89. The molecule has 0 amide bonds. The van der Waals surface area contributed by atoms with Crippen molar-refractivity contribution in [3.8, 4) is 0 Å². The molecule has 0 fully saturated rings. The Labute approximate surface area is 102 Å². The lowest BCUT2D eigenvalue weighted by Crippen LogP contribution is -2.22. The van der Waals surface area contributed by atoms with Crippen LogP contribution in [0.5, 0.6) is 0 Å². The number of rotatable bonds is 7. The van der Waals surface area contributed by atoms with Crippen LogP contribution in [0.1, 0.15) is 17.8 Å². The van der Waals surface area contributed by atoms with Crippen LogP contribution in [0.25, 0.3) is 0 Å². The number of ether oxygens (including phenoxy) is 1. The molecule has 92 valence electrons. The Kier molecular flexibility index (Phi) is 5.80. The highest BCUT2D eigenvalue weighted by Crippen LogP contribution is 2.18. The fourth-order valence-corrected chi connectivity index (χ4v) is 1.68. The van der Waals surface area contributed by atoms with E-state index in [2.05, 4.69) is 10.4 Å². The zero-order chi connectivity index (χ0) is 12.0. The molecule has 5 heteroatoms. The Morgan fingerprint density at radius 1 is 1.38 bits per heavy atom. The first-order valence-corrected chi connectivity index (χ1v) is 5.93. The Morgan fingerprint density at radius 3 is 2.69 bits per heavy atom. The highest BCUT2D eigenvalue weighted by molar-refractivity contribution is 6.31. The zero-order valence-electron chi connectivity index (χ0n) is 10.2. The minimum absolute atomic E-state index is 0.777. The normalized spacial score (nSPS) is 11.0. The van der Waals surface area contributed by atoms with Crippen LogP contribution < -0.4 is 5.32 Å². The lowest BCUT2D eigenvalue weighted by atomic mass is 10.4. The molecule has 4 nitrogen and oxygen atoms in total. The zero-order valence-corrected chi connectivity index (χ0v) is 11.0. The third-order valence-electron chi connectivity index (χ3n) is 2.50. The third-order valence-corrected chi connectivity index (χ3v) is 3.04. The van der Waals surface area contributed by atoms with E-state index in [1.165, 1.54) is 0 Å². The number of halogens is 1. The predicted molar refractivity (Wildman–Crippen MR) is 66.1 cm³/mol. The Morgan fingerprint density at radius 2 is 2.12 bits per heavy atom. The van der Waals surface area contributed by atoms with Crippen LogP contribution >= 0.6 is 11.6 Å². The van der Waals surface area contributed by atoms with Crippen LogP contribution in [0.15, 0.2) is 0 Å². The third kappa shape index (κ3) is 3.77. The van der Waals surface area contributed by atoms with Crippen LogP contribution in [0.3, 0.4) is 0 Å². The maximum atomic E-state index is 6.06. The van der Waals surface area contributed by atoms with Crippen LogP contribution in [-0.4, -0.2) is 36.6 Å². The van der Waals surface area contributed by atoms with Crippen molar-refractivity contribution < 1.29 is 4.74 Å². The van der Waals surface area contributed by atoms with Crippen molar-refractivity contribution in [2.45, 2.75) is 26.8 Å². The van der Waals surface area contributed by atoms with Gasteiger partial charge >= 0.3 is 0 Å². The molecule has 0 aliphatic rings. The summed E-state index contributed by atoms with van der Waals surface area (Å²) in [6.07, 6.45) is 1.04. The molecule has 1 aromatic rings. The summed E-state index contributed by atoms with van der Waals surface area (Å²) >= 11 is 6.06. The number of nitrogens with zero attached hydrogens (tertiary/aromatic N) is 2. The van der Waals surface area contributed by atoms with E-state index in [0.29, 0.717) is 0 Å². The van der Waals surface area contributed by atoms with Crippen LogP contribution in [0, 0.1) is 13.8 Å². The van der Waals surface area contributed by atoms with Gasteiger partial charge in [0.15, 0.2) is 0 Å². The van der Waals surface area contributed by atoms with E-state index in [1.807, 2.05) is 18.5 Å². The maximum Gasteiger partial charge on any atom is 0.0844 e. The highest BCUT2D eigenvalue weighted by atomic mass is 35.5. The summed E-state index contributed by atoms with van der Waals surface area (Å²) in [4.78, 5) is 0. The Hall–Kier alpha value is -0.580. The summed E-state index contributed by atoms with van der Waals surface area (Å²) in [5, 5.41) is 8.48. The first-order chi connectivity index (χ1) is 7.66. The number of aryl methyl sites for hydroxylation is 1. The molecule has 0 radical (unpaired) electrons. The summed E-state index contributed by atoms with van der Waals surface area (Å²) in [5.41, 5.74) is 1.94. The van der Waals surface area contributed by atoms with Gasteiger partial charge in [0.2, 0.25) is 0 Å². The van der Waals surface area contributed by atoms with Gasteiger partial charge in [0.1, 0.15) is 0 Å². The molecular weight excluding hydrogens is 226 g/mol. The first-order valence-electron chi connectivity index (χ1n) is 5.56. The van der Waals surface area contributed by atoms with Gasteiger partial charge in [-0.1, -0.05) is 11.6 Å². The molecule has 1 aromatic heterocycles. The van der Waals surface area contributed by atoms with Crippen LogP contribution in [0.4, 0.5) is 0 Å². The highest BCUT2D eigenvalue weighted by Gasteiger charge is 2.07. The van der Waals surface area contributed by atoms with E-state index in [4.69, 9.17) is 16.3 Å². The molecule has 0 spiro atoms. The molecule has 1 rings (SSSR count).